The van der Waals surface area contributed by atoms with Gasteiger partial charge in [0.2, 0.25) is 0 Å². The molecule has 0 radical (unpaired) electrons. The molecule has 8 nitrogen and oxygen atoms in total. The Morgan fingerprint density at radius 2 is 1.66 bits per heavy atom. The van der Waals surface area contributed by atoms with Gasteiger partial charge in [-0.1, -0.05) is 13.8 Å². The first-order valence-corrected chi connectivity index (χ1v) is 12.2. The summed E-state index contributed by atoms with van der Waals surface area (Å²) in [6.07, 6.45) is 10.4. The van der Waals surface area contributed by atoms with Crippen LogP contribution in [0.3, 0.4) is 0 Å². The SMILES string of the molecule is CCCn1c(=O)c2[nH]c(C34CCC(CCCC(=O)OC)(CC3)CC4)nc2n(CCC)c1=O. The van der Waals surface area contributed by atoms with Crippen molar-refractivity contribution < 1.29 is 9.53 Å². The summed E-state index contributed by atoms with van der Waals surface area (Å²) in [6.45, 7) is 4.98. The molecule has 2 heterocycles. The molecule has 0 amide bonds. The van der Waals surface area contributed by atoms with Gasteiger partial charge in [0.05, 0.1) is 7.11 Å². The standard InChI is InChI=1S/C24H36N4O4/c1-4-15-27-19-18(20(30)28(16-5-2)22(27)31)25-21(26-19)24-12-9-23(10-13-24,11-14-24)8-6-7-17(29)32-3/h4-16H2,1-3H3,(H,25,26). The van der Waals surface area contributed by atoms with Gasteiger partial charge in [-0.3, -0.25) is 18.7 Å². The first kappa shape index (κ1) is 22.8. The molecule has 176 valence electrons. The topological polar surface area (TPSA) is 99.0 Å². The van der Waals surface area contributed by atoms with E-state index >= 15 is 0 Å². The monoisotopic (exact) mass is 444 g/mol. The van der Waals surface area contributed by atoms with E-state index in [4.69, 9.17) is 9.72 Å². The smallest absolute Gasteiger partial charge is 0.332 e. The van der Waals surface area contributed by atoms with E-state index < -0.39 is 0 Å². The van der Waals surface area contributed by atoms with Crippen LogP contribution >= 0.6 is 0 Å². The number of imidazole rings is 1. The van der Waals surface area contributed by atoms with Crippen LogP contribution in [0.4, 0.5) is 0 Å². The molecule has 0 atom stereocenters. The van der Waals surface area contributed by atoms with Gasteiger partial charge < -0.3 is 9.72 Å². The van der Waals surface area contributed by atoms with Crippen LogP contribution in [-0.2, 0) is 28.0 Å². The highest BCUT2D eigenvalue weighted by molar-refractivity contribution is 5.70. The van der Waals surface area contributed by atoms with Gasteiger partial charge in [0.25, 0.3) is 5.56 Å². The van der Waals surface area contributed by atoms with E-state index in [1.807, 2.05) is 13.8 Å². The number of rotatable bonds is 9. The summed E-state index contributed by atoms with van der Waals surface area (Å²) in [5, 5.41) is 0. The Bertz CT molecular complexity index is 1090. The largest absolute Gasteiger partial charge is 0.469 e. The number of H-pyrrole nitrogens is 1. The number of fused-ring (bicyclic) bond motifs is 4. The zero-order valence-corrected chi connectivity index (χ0v) is 19.7. The highest BCUT2D eigenvalue weighted by Crippen LogP contribution is 2.59. The maximum absolute atomic E-state index is 13.1. The van der Waals surface area contributed by atoms with Crippen molar-refractivity contribution in [2.45, 2.75) is 103 Å². The van der Waals surface area contributed by atoms with Crippen LogP contribution in [0.5, 0.6) is 0 Å². The number of carbonyl (C=O) groups excluding carboxylic acids is 1. The molecule has 5 rings (SSSR count). The first-order chi connectivity index (χ1) is 15.4. The van der Waals surface area contributed by atoms with E-state index in [1.165, 1.54) is 11.7 Å². The minimum atomic E-state index is -0.252. The van der Waals surface area contributed by atoms with E-state index in [0.29, 0.717) is 36.1 Å². The highest BCUT2D eigenvalue weighted by atomic mass is 16.5. The minimum Gasteiger partial charge on any atom is -0.469 e. The number of esters is 1. The van der Waals surface area contributed by atoms with Gasteiger partial charge in [-0.2, -0.15) is 0 Å². The molecule has 0 saturated heterocycles. The second kappa shape index (κ2) is 8.87. The number of aromatic amines is 1. The number of aromatic nitrogens is 4. The summed E-state index contributed by atoms with van der Waals surface area (Å²) in [6, 6.07) is 0. The minimum absolute atomic E-state index is 0.0434. The van der Waals surface area contributed by atoms with Crippen molar-refractivity contribution in [2.75, 3.05) is 7.11 Å². The van der Waals surface area contributed by atoms with Gasteiger partial charge in [-0.25, -0.2) is 9.78 Å². The van der Waals surface area contributed by atoms with E-state index in [-0.39, 0.29) is 22.6 Å². The van der Waals surface area contributed by atoms with Gasteiger partial charge in [0.15, 0.2) is 5.65 Å². The summed E-state index contributed by atoms with van der Waals surface area (Å²) in [5.74, 6) is 0.752. The third-order valence-corrected chi connectivity index (χ3v) is 7.98. The predicted molar refractivity (Wildman–Crippen MR) is 123 cm³/mol. The molecular weight excluding hydrogens is 408 g/mol. The average molecular weight is 445 g/mol. The van der Waals surface area contributed by atoms with Crippen molar-refractivity contribution >= 4 is 17.1 Å². The molecule has 2 bridgehead atoms. The quantitative estimate of drug-likeness (QED) is 0.595. The molecule has 3 aliphatic carbocycles. The number of nitrogens with one attached hydrogen (secondary N) is 1. The lowest BCUT2D eigenvalue weighted by Gasteiger charge is -2.53. The Labute approximate surface area is 188 Å². The number of ether oxygens (including phenoxy) is 1. The summed E-state index contributed by atoms with van der Waals surface area (Å²) >= 11 is 0. The van der Waals surface area contributed by atoms with Crippen molar-refractivity contribution in [3.8, 4) is 0 Å². The molecule has 8 heteroatoms. The van der Waals surface area contributed by atoms with Gasteiger partial charge >= 0.3 is 11.7 Å². The van der Waals surface area contributed by atoms with Crippen LogP contribution in [0.25, 0.3) is 11.2 Å². The summed E-state index contributed by atoms with van der Waals surface area (Å²) in [4.78, 5) is 45.8. The fourth-order valence-corrected chi connectivity index (χ4v) is 5.97. The third-order valence-electron chi connectivity index (χ3n) is 7.98. The van der Waals surface area contributed by atoms with Gasteiger partial charge in [0.1, 0.15) is 11.3 Å². The Morgan fingerprint density at radius 1 is 1.03 bits per heavy atom. The van der Waals surface area contributed by atoms with Crippen LogP contribution < -0.4 is 11.2 Å². The Balaban J connectivity index is 1.62. The average Bonchev–Trinajstić information content (AvgIpc) is 3.27. The van der Waals surface area contributed by atoms with Crippen molar-refractivity contribution in [1.29, 1.82) is 0 Å². The maximum atomic E-state index is 13.1. The van der Waals surface area contributed by atoms with E-state index in [1.54, 1.807) is 4.57 Å². The van der Waals surface area contributed by atoms with Crippen LogP contribution in [0, 0.1) is 5.41 Å². The molecule has 32 heavy (non-hydrogen) atoms. The second-order valence-electron chi connectivity index (χ2n) is 9.89. The molecule has 3 saturated carbocycles. The molecule has 0 spiro atoms. The van der Waals surface area contributed by atoms with Gasteiger partial charge in [-0.05, 0) is 69.6 Å². The maximum Gasteiger partial charge on any atom is 0.332 e. The lowest BCUT2D eigenvalue weighted by molar-refractivity contribution is -0.140. The number of methoxy groups -OCH3 is 1. The van der Waals surface area contributed by atoms with E-state index in [2.05, 4.69) is 4.98 Å². The molecule has 3 fully saturated rings. The normalized spacial score (nSPS) is 24.8. The fourth-order valence-electron chi connectivity index (χ4n) is 5.97. The summed E-state index contributed by atoms with van der Waals surface area (Å²) in [5.41, 5.74) is 0.755. The molecule has 3 aliphatic rings. The molecule has 1 N–H and O–H groups in total. The van der Waals surface area contributed by atoms with Crippen molar-refractivity contribution in [3.63, 3.8) is 0 Å². The van der Waals surface area contributed by atoms with Crippen molar-refractivity contribution in [2.24, 2.45) is 5.41 Å². The molecular formula is C24H36N4O4. The first-order valence-electron chi connectivity index (χ1n) is 12.2. The van der Waals surface area contributed by atoms with Crippen LogP contribution in [0.1, 0.15) is 90.3 Å². The fraction of sp³-hybridized carbons (Fsp3) is 0.750. The molecule has 2 aromatic heterocycles. The van der Waals surface area contributed by atoms with Gasteiger partial charge in [-0.15, -0.1) is 0 Å². The number of carbonyl (C=O) groups is 1. The predicted octanol–water partition coefficient (Wildman–Crippen LogP) is 3.64. The number of hydrogen-bond acceptors (Lipinski definition) is 5. The number of aryl methyl sites for hydroxylation is 1. The Kier molecular flexibility index (Phi) is 6.32. The number of nitrogens with zero attached hydrogens (tertiary/aromatic N) is 3. The van der Waals surface area contributed by atoms with Gasteiger partial charge in [0, 0.05) is 24.9 Å². The molecule has 2 aromatic rings. The van der Waals surface area contributed by atoms with Crippen LogP contribution in [-0.4, -0.2) is 32.2 Å². The van der Waals surface area contributed by atoms with Crippen LogP contribution in [0.2, 0.25) is 0 Å². The van der Waals surface area contributed by atoms with E-state index in [9.17, 15) is 14.4 Å². The highest BCUT2D eigenvalue weighted by Gasteiger charge is 2.50. The lowest BCUT2D eigenvalue weighted by Crippen LogP contribution is -2.44. The summed E-state index contributed by atoms with van der Waals surface area (Å²) in [7, 11) is 1.45. The molecule has 0 aliphatic heterocycles. The molecule has 0 unspecified atom stereocenters. The third kappa shape index (κ3) is 3.82. The Morgan fingerprint density at radius 3 is 2.25 bits per heavy atom. The lowest BCUT2D eigenvalue weighted by atomic mass is 9.52. The van der Waals surface area contributed by atoms with Crippen molar-refractivity contribution in [3.05, 3.63) is 26.7 Å². The zero-order valence-electron chi connectivity index (χ0n) is 19.7. The molecule has 0 aromatic carbocycles. The zero-order chi connectivity index (χ0) is 22.9. The van der Waals surface area contributed by atoms with Crippen molar-refractivity contribution in [1.82, 2.24) is 19.1 Å². The Hall–Kier alpha value is -2.38. The number of hydrogen-bond donors (Lipinski definition) is 1. The van der Waals surface area contributed by atoms with E-state index in [0.717, 1.165) is 70.0 Å². The van der Waals surface area contributed by atoms with Crippen LogP contribution in [0.15, 0.2) is 9.59 Å². The second-order valence-corrected chi connectivity index (χ2v) is 9.89. The summed E-state index contributed by atoms with van der Waals surface area (Å²) < 4.78 is 7.81.